The summed E-state index contributed by atoms with van der Waals surface area (Å²) in [5, 5.41) is 0. The molecule has 3 N–H and O–H groups in total. The number of anilines is 1. The van der Waals surface area contributed by atoms with Crippen LogP contribution in [-0.4, -0.2) is 45.0 Å². The van der Waals surface area contributed by atoms with Gasteiger partial charge in [-0.15, -0.1) is 0 Å². The van der Waals surface area contributed by atoms with Gasteiger partial charge in [0.15, 0.2) is 5.65 Å². The van der Waals surface area contributed by atoms with Gasteiger partial charge in [-0.25, -0.2) is 14.2 Å². The monoisotopic (exact) mass is 502 g/mol. The van der Waals surface area contributed by atoms with Crippen molar-refractivity contribution in [2.45, 2.75) is 38.1 Å². The van der Waals surface area contributed by atoms with E-state index in [1.165, 1.54) is 18.3 Å². The highest BCUT2D eigenvalue weighted by Gasteiger charge is 2.38. The van der Waals surface area contributed by atoms with Crippen molar-refractivity contribution in [1.29, 1.82) is 0 Å². The Hall–Kier alpha value is -4.14. The Labute approximate surface area is 214 Å². The Morgan fingerprint density at radius 1 is 1.27 bits per heavy atom. The van der Waals surface area contributed by atoms with E-state index in [-0.39, 0.29) is 28.9 Å². The van der Waals surface area contributed by atoms with E-state index in [9.17, 15) is 14.0 Å². The van der Waals surface area contributed by atoms with Crippen LogP contribution >= 0.6 is 0 Å². The zero-order valence-corrected chi connectivity index (χ0v) is 21.1. The number of amides is 1. The van der Waals surface area contributed by atoms with Gasteiger partial charge in [0.2, 0.25) is 0 Å². The van der Waals surface area contributed by atoms with E-state index in [2.05, 4.69) is 21.4 Å². The summed E-state index contributed by atoms with van der Waals surface area (Å²) in [6.45, 7) is 9.86. The highest BCUT2D eigenvalue weighted by Crippen LogP contribution is 2.41. The second-order valence-electron chi connectivity index (χ2n) is 10.3. The van der Waals surface area contributed by atoms with E-state index in [1.807, 2.05) is 26.0 Å². The molecule has 2 aromatic heterocycles. The Kier molecular flexibility index (Phi) is 6.23. The van der Waals surface area contributed by atoms with Crippen LogP contribution < -0.4 is 16.3 Å². The van der Waals surface area contributed by atoms with Gasteiger partial charge in [0.1, 0.15) is 5.82 Å². The summed E-state index contributed by atoms with van der Waals surface area (Å²) in [7, 11) is 0. The zero-order chi connectivity index (χ0) is 26.3. The van der Waals surface area contributed by atoms with Crippen molar-refractivity contribution in [3.63, 3.8) is 0 Å². The predicted molar refractivity (Wildman–Crippen MR) is 143 cm³/mol. The molecule has 5 rings (SSSR count). The Balaban J connectivity index is 1.33. The quantitative estimate of drug-likeness (QED) is 0.409. The average Bonchev–Trinajstić information content (AvgIpc) is 3.35. The average molecular weight is 503 g/mol. The van der Waals surface area contributed by atoms with Crippen LogP contribution in [0.3, 0.4) is 0 Å². The fourth-order valence-electron chi connectivity index (χ4n) is 5.49. The number of fused-ring (bicyclic) bond motifs is 2. The first-order chi connectivity index (χ1) is 17.7. The van der Waals surface area contributed by atoms with Gasteiger partial charge in [-0.05, 0) is 67.1 Å². The molecule has 0 unspecified atom stereocenters. The molecular weight excluding hydrogens is 471 g/mol. The number of rotatable bonds is 5. The number of allylic oxidation sites excluding steroid dienone is 1. The number of halogens is 1. The van der Waals surface area contributed by atoms with Crippen molar-refractivity contribution >= 4 is 22.8 Å². The molecule has 3 aromatic rings. The number of hydrogen-bond donors (Lipinski definition) is 2. The summed E-state index contributed by atoms with van der Waals surface area (Å²) in [6, 6.07) is 8.30. The van der Waals surface area contributed by atoms with Crippen LogP contribution in [0.5, 0.6) is 0 Å². The minimum Gasteiger partial charge on any atom is -0.405 e. The maximum Gasteiger partial charge on any atom is 0.327 e. The second kappa shape index (κ2) is 9.38. The number of aromatic amines is 1. The lowest BCUT2D eigenvalue weighted by atomic mass is 9.87. The first kappa shape index (κ1) is 24.5. The van der Waals surface area contributed by atoms with Gasteiger partial charge in [-0.1, -0.05) is 20.4 Å². The smallest absolute Gasteiger partial charge is 0.327 e. The maximum absolute atomic E-state index is 13.9. The number of carbonyl (C=O) groups is 1. The highest BCUT2D eigenvalue weighted by atomic mass is 19.1. The van der Waals surface area contributed by atoms with Gasteiger partial charge in [0, 0.05) is 54.2 Å². The largest absolute Gasteiger partial charge is 0.405 e. The van der Waals surface area contributed by atoms with E-state index in [1.54, 1.807) is 33.9 Å². The molecule has 0 spiro atoms. The molecule has 0 radical (unpaired) electrons. The van der Waals surface area contributed by atoms with E-state index in [0.29, 0.717) is 36.5 Å². The van der Waals surface area contributed by atoms with Crippen LogP contribution in [0, 0.1) is 5.82 Å². The lowest BCUT2D eigenvalue weighted by Crippen LogP contribution is -2.37. The standard InChI is InChI=1S/C28H31FN6O2/c1-18(26(36)34-17-28(2,3)22-16-19(29)6-7-23(22)34)15-21(8-11-30)33-13-9-20(10-14-33)35-24-5-4-12-31-25(24)32-27(35)37/h4-8,11-12,15-16,20H,1,9-10,13-14,17,30H2,2-3H3,(H,31,32,37)/b11-8-,21-15+. The van der Waals surface area contributed by atoms with Gasteiger partial charge in [-0.3, -0.25) is 14.3 Å². The van der Waals surface area contributed by atoms with Gasteiger partial charge in [0.25, 0.3) is 5.91 Å². The van der Waals surface area contributed by atoms with Gasteiger partial charge >= 0.3 is 5.69 Å². The van der Waals surface area contributed by atoms with E-state index in [4.69, 9.17) is 5.73 Å². The lowest BCUT2D eigenvalue weighted by molar-refractivity contribution is -0.114. The molecule has 192 valence electrons. The summed E-state index contributed by atoms with van der Waals surface area (Å²) in [5.74, 6) is -0.543. The number of pyridine rings is 1. The molecular formula is C28H31FN6O2. The summed E-state index contributed by atoms with van der Waals surface area (Å²) in [4.78, 5) is 36.9. The number of nitrogens with one attached hydrogen (secondary N) is 1. The molecule has 1 saturated heterocycles. The molecule has 0 aliphatic carbocycles. The Morgan fingerprint density at radius 3 is 2.76 bits per heavy atom. The Morgan fingerprint density at radius 2 is 2.03 bits per heavy atom. The summed E-state index contributed by atoms with van der Waals surface area (Å²) in [6.07, 6.45) is 8.12. The van der Waals surface area contributed by atoms with Crippen LogP contribution in [0.1, 0.15) is 38.3 Å². The van der Waals surface area contributed by atoms with E-state index < -0.39 is 0 Å². The van der Waals surface area contributed by atoms with Crippen LogP contribution in [0.4, 0.5) is 10.1 Å². The first-order valence-corrected chi connectivity index (χ1v) is 12.4. The summed E-state index contributed by atoms with van der Waals surface area (Å²) in [5.41, 5.74) is 9.24. The number of piperidine rings is 1. The molecule has 2 aliphatic rings. The minimum atomic E-state index is -0.366. The fraction of sp³-hybridized carbons (Fsp3) is 0.321. The van der Waals surface area contributed by atoms with E-state index in [0.717, 1.165) is 29.6 Å². The van der Waals surface area contributed by atoms with Crippen LogP contribution in [-0.2, 0) is 10.2 Å². The van der Waals surface area contributed by atoms with Crippen molar-refractivity contribution in [2.24, 2.45) is 5.73 Å². The summed E-state index contributed by atoms with van der Waals surface area (Å²) < 4.78 is 15.7. The van der Waals surface area contributed by atoms with Gasteiger partial charge < -0.3 is 15.5 Å². The Bertz CT molecular complexity index is 1490. The molecule has 1 amide bonds. The van der Waals surface area contributed by atoms with Crippen molar-refractivity contribution in [1.82, 2.24) is 19.4 Å². The predicted octanol–water partition coefficient (Wildman–Crippen LogP) is 3.74. The van der Waals surface area contributed by atoms with Crippen LogP contribution in [0.2, 0.25) is 0 Å². The number of aromatic nitrogens is 3. The molecule has 2 aliphatic heterocycles. The number of imidazole rings is 1. The number of carbonyl (C=O) groups excluding carboxylic acids is 1. The molecule has 9 heteroatoms. The molecule has 4 heterocycles. The first-order valence-electron chi connectivity index (χ1n) is 12.4. The molecule has 37 heavy (non-hydrogen) atoms. The topological polar surface area (TPSA) is 100 Å². The lowest BCUT2D eigenvalue weighted by Gasteiger charge is -2.35. The molecule has 8 nitrogen and oxygen atoms in total. The van der Waals surface area contributed by atoms with Crippen molar-refractivity contribution < 1.29 is 9.18 Å². The number of likely N-dealkylation sites (tertiary alicyclic amines) is 1. The minimum absolute atomic E-state index is 0.0402. The molecule has 1 fully saturated rings. The maximum atomic E-state index is 13.9. The third-order valence-corrected chi connectivity index (χ3v) is 7.33. The van der Waals surface area contributed by atoms with Gasteiger partial charge in [0.05, 0.1) is 5.52 Å². The zero-order valence-electron chi connectivity index (χ0n) is 21.1. The molecule has 0 atom stereocenters. The number of H-pyrrole nitrogens is 1. The SMILES string of the molecule is C=C(/C=C(\C=C/N)N1CCC(n2c(=O)[nH]c3ncccc32)CC1)C(=O)N1CC(C)(C)c2cc(F)ccc21. The van der Waals surface area contributed by atoms with Crippen LogP contribution in [0.15, 0.2) is 77.5 Å². The molecule has 0 bridgehead atoms. The number of nitrogens with two attached hydrogens (primary N) is 1. The van der Waals surface area contributed by atoms with Crippen molar-refractivity contribution in [3.8, 4) is 0 Å². The number of benzene rings is 1. The van der Waals surface area contributed by atoms with E-state index >= 15 is 0 Å². The van der Waals surface area contributed by atoms with Crippen molar-refractivity contribution in [2.75, 3.05) is 24.5 Å². The number of nitrogens with zero attached hydrogens (tertiary/aromatic N) is 4. The highest BCUT2D eigenvalue weighted by molar-refractivity contribution is 6.08. The third kappa shape index (κ3) is 4.45. The third-order valence-electron chi connectivity index (χ3n) is 7.33. The fourth-order valence-corrected chi connectivity index (χ4v) is 5.49. The van der Waals surface area contributed by atoms with Gasteiger partial charge in [-0.2, -0.15) is 0 Å². The van der Waals surface area contributed by atoms with Crippen molar-refractivity contribution in [3.05, 3.63) is 94.6 Å². The summed E-state index contributed by atoms with van der Waals surface area (Å²) >= 11 is 0. The molecule has 0 saturated carbocycles. The number of hydrogen-bond acceptors (Lipinski definition) is 5. The second-order valence-corrected chi connectivity index (χ2v) is 10.3. The molecule has 1 aromatic carbocycles. The van der Waals surface area contributed by atoms with Crippen LogP contribution in [0.25, 0.3) is 11.2 Å². The normalized spacial score (nSPS) is 18.1.